The maximum atomic E-state index is 12.0. The van der Waals surface area contributed by atoms with Gasteiger partial charge in [-0.25, -0.2) is 4.79 Å². The van der Waals surface area contributed by atoms with Gasteiger partial charge in [-0.3, -0.25) is 14.5 Å². The van der Waals surface area contributed by atoms with E-state index in [0.29, 0.717) is 5.17 Å². The van der Waals surface area contributed by atoms with E-state index in [2.05, 4.69) is 15.3 Å². The number of nitrogens with zero attached hydrogens (tertiary/aromatic N) is 2. The quantitative estimate of drug-likeness (QED) is 0.614. The smallest absolute Gasteiger partial charge is 0.323 e. The number of amidine groups is 1. The fourth-order valence-electron chi connectivity index (χ4n) is 1.60. The van der Waals surface area contributed by atoms with E-state index in [-0.39, 0.29) is 5.91 Å². The Morgan fingerprint density at radius 3 is 2.82 bits per heavy atom. The average molecular weight is 259 g/mol. The van der Waals surface area contributed by atoms with Crippen molar-refractivity contribution in [3.63, 3.8) is 0 Å². The van der Waals surface area contributed by atoms with Crippen molar-refractivity contribution in [3.8, 4) is 0 Å². The molecule has 1 heterocycles. The predicted molar refractivity (Wildman–Crippen MR) is 66.6 cm³/mol. The third kappa shape index (κ3) is 2.91. The Kier molecular flexibility index (Phi) is 4.39. The first-order chi connectivity index (χ1) is 7.94. The van der Waals surface area contributed by atoms with E-state index in [1.54, 1.807) is 7.05 Å². The van der Waals surface area contributed by atoms with E-state index in [1.807, 2.05) is 13.8 Å². The van der Waals surface area contributed by atoms with Gasteiger partial charge >= 0.3 is 6.09 Å². The molecule has 0 bridgehead atoms. The average Bonchev–Trinajstić information content (AvgIpc) is 2.51. The Balaban J connectivity index is 2.78. The molecule has 17 heavy (non-hydrogen) atoms. The van der Waals surface area contributed by atoms with Gasteiger partial charge < -0.3 is 5.32 Å². The molecule has 1 aliphatic rings. The number of hydrogen-bond donors (Lipinski definition) is 1. The van der Waals surface area contributed by atoms with E-state index < -0.39 is 10.8 Å². The predicted octanol–water partition coefficient (Wildman–Crippen LogP) is 1.38. The monoisotopic (exact) mass is 259 g/mol. The zero-order valence-electron chi connectivity index (χ0n) is 10.4. The van der Waals surface area contributed by atoms with Crippen molar-refractivity contribution in [1.82, 2.24) is 10.2 Å². The van der Waals surface area contributed by atoms with Crippen molar-refractivity contribution in [3.05, 3.63) is 0 Å². The summed E-state index contributed by atoms with van der Waals surface area (Å²) in [6.07, 6.45) is 1.02. The highest BCUT2D eigenvalue weighted by Crippen LogP contribution is 2.39. The maximum absolute atomic E-state index is 12.0. The third-order valence-corrected chi connectivity index (χ3v) is 3.86. The van der Waals surface area contributed by atoms with Crippen LogP contribution in [0.3, 0.4) is 0 Å². The minimum Gasteiger partial charge on any atom is -0.323 e. The van der Waals surface area contributed by atoms with Crippen LogP contribution in [0.2, 0.25) is 0 Å². The van der Waals surface area contributed by atoms with E-state index in [4.69, 9.17) is 0 Å². The highest BCUT2D eigenvalue weighted by molar-refractivity contribution is 8.16. The van der Waals surface area contributed by atoms with Crippen LogP contribution in [0.5, 0.6) is 0 Å². The fraction of sp³-hybridized carbons (Fsp3) is 0.700. The van der Waals surface area contributed by atoms with Gasteiger partial charge in [-0.15, -0.1) is 0 Å². The molecule has 1 rings (SSSR count). The lowest BCUT2D eigenvalue weighted by Gasteiger charge is -2.18. The van der Waals surface area contributed by atoms with E-state index in [0.717, 1.165) is 12.8 Å². The number of nitrogens with one attached hydrogen (secondary N) is 1. The van der Waals surface area contributed by atoms with Crippen molar-refractivity contribution in [2.45, 2.75) is 31.4 Å². The summed E-state index contributed by atoms with van der Waals surface area (Å²) < 4.78 is -0.506. The van der Waals surface area contributed by atoms with Crippen LogP contribution in [-0.2, 0) is 9.63 Å². The second kappa shape index (κ2) is 5.39. The Morgan fingerprint density at radius 1 is 1.65 bits per heavy atom. The number of carbonyl (C=O) groups excluding carboxylic acids is 2. The second-order valence-corrected chi connectivity index (χ2v) is 5.42. The number of thioether (sulfide) groups is 1. The Morgan fingerprint density at radius 2 is 2.29 bits per heavy atom. The summed E-state index contributed by atoms with van der Waals surface area (Å²) in [5, 5.41) is 6.37. The lowest BCUT2D eigenvalue weighted by Crippen LogP contribution is -2.35. The molecule has 0 radical (unpaired) electrons. The Bertz CT molecular complexity index is 359. The second-order valence-electron chi connectivity index (χ2n) is 3.95. The fourth-order valence-corrected chi connectivity index (χ4v) is 2.82. The van der Waals surface area contributed by atoms with Crippen LogP contribution in [0.4, 0.5) is 4.79 Å². The van der Waals surface area contributed by atoms with Crippen LogP contribution in [0, 0.1) is 0 Å². The van der Waals surface area contributed by atoms with Gasteiger partial charge in [-0.1, -0.05) is 25.1 Å². The van der Waals surface area contributed by atoms with Crippen LogP contribution >= 0.6 is 11.8 Å². The van der Waals surface area contributed by atoms with Crippen molar-refractivity contribution in [2.75, 3.05) is 14.1 Å². The van der Waals surface area contributed by atoms with Crippen molar-refractivity contribution in [2.24, 2.45) is 5.16 Å². The largest absolute Gasteiger partial charge is 0.433 e. The summed E-state index contributed by atoms with van der Waals surface area (Å²) in [6, 6.07) is 0. The molecule has 1 unspecified atom stereocenters. The molecule has 96 valence electrons. The molecule has 1 atom stereocenters. The van der Waals surface area contributed by atoms with Gasteiger partial charge in [0.1, 0.15) is 0 Å². The zero-order chi connectivity index (χ0) is 13.1. The molecule has 1 N–H and O–H groups in total. The number of amides is 2. The first-order valence-electron chi connectivity index (χ1n) is 5.38. The van der Waals surface area contributed by atoms with E-state index >= 15 is 0 Å². The third-order valence-electron chi connectivity index (χ3n) is 2.50. The summed E-state index contributed by atoms with van der Waals surface area (Å²) >= 11 is 1.33. The number of hydrogen-bond acceptors (Lipinski definition) is 5. The molecule has 7 heteroatoms. The molecule has 0 aliphatic carbocycles. The highest BCUT2D eigenvalue weighted by atomic mass is 32.2. The molecule has 1 fully saturated rings. The van der Waals surface area contributed by atoms with Crippen molar-refractivity contribution in [1.29, 1.82) is 0 Å². The summed E-state index contributed by atoms with van der Waals surface area (Å²) in [6.45, 7) is 3.90. The van der Waals surface area contributed by atoms with Gasteiger partial charge in [-0.05, 0) is 18.5 Å². The number of carbonyl (C=O) groups is 2. The molecule has 1 aliphatic heterocycles. The van der Waals surface area contributed by atoms with Crippen LogP contribution in [-0.4, -0.2) is 40.9 Å². The molecule has 0 saturated carbocycles. The molecule has 2 amide bonds. The molecule has 0 aromatic heterocycles. The summed E-state index contributed by atoms with van der Waals surface area (Å²) in [7, 11) is 3.07. The summed E-state index contributed by atoms with van der Waals surface area (Å²) in [5.74, 6) is -0.0105. The van der Waals surface area contributed by atoms with Gasteiger partial charge in [0.25, 0.3) is 0 Å². The van der Waals surface area contributed by atoms with E-state index in [1.165, 1.54) is 23.7 Å². The summed E-state index contributed by atoms with van der Waals surface area (Å²) in [4.78, 5) is 28.9. The van der Waals surface area contributed by atoms with E-state index in [9.17, 15) is 9.59 Å². The standard InChI is InChI=1S/C10H17N3O3S/c1-5-6-10(2)7(14)13(4)8(17-10)12-16-9(15)11-3/h5-6H2,1-4H3,(H,11,15). The lowest BCUT2D eigenvalue weighted by molar-refractivity contribution is -0.128. The van der Waals surface area contributed by atoms with Crippen LogP contribution in [0.25, 0.3) is 0 Å². The highest BCUT2D eigenvalue weighted by Gasteiger charge is 2.46. The molecule has 6 nitrogen and oxygen atoms in total. The molecule has 0 aromatic rings. The topological polar surface area (TPSA) is 71.0 Å². The Hall–Kier alpha value is -1.24. The van der Waals surface area contributed by atoms with Gasteiger partial charge in [0, 0.05) is 14.1 Å². The molecular formula is C10H17N3O3S. The zero-order valence-corrected chi connectivity index (χ0v) is 11.3. The van der Waals surface area contributed by atoms with Gasteiger partial charge in [0.05, 0.1) is 4.75 Å². The SMILES string of the molecule is CCCC1(C)SC(=NOC(=O)NC)N(C)C1=O. The molecule has 1 saturated heterocycles. The first-order valence-corrected chi connectivity index (χ1v) is 6.20. The summed E-state index contributed by atoms with van der Waals surface area (Å²) in [5.41, 5.74) is 0. The van der Waals surface area contributed by atoms with Crippen LogP contribution in [0.15, 0.2) is 5.16 Å². The minimum absolute atomic E-state index is 0.0105. The van der Waals surface area contributed by atoms with Crippen LogP contribution < -0.4 is 5.32 Å². The van der Waals surface area contributed by atoms with Crippen LogP contribution in [0.1, 0.15) is 26.7 Å². The van der Waals surface area contributed by atoms with Gasteiger partial charge in [-0.2, -0.15) is 0 Å². The van der Waals surface area contributed by atoms with Crippen molar-refractivity contribution >= 4 is 28.9 Å². The number of rotatable bonds is 3. The normalized spacial score (nSPS) is 26.5. The van der Waals surface area contributed by atoms with Gasteiger partial charge in [0.2, 0.25) is 11.1 Å². The number of oxime groups is 1. The van der Waals surface area contributed by atoms with Gasteiger partial charge in [0.15, 0.2) is 0 Å². The molecular weight excluding hydrogens is 242 g/mol. The van der Waals surface area contributed by atoms with Crippen molar-refractivity contribution < 1.29 is 14.4 Å². The molecule has 0 spiro atoms. The lowest BCUT2D eigenvalue weighted by atomic mass is 10.0. The molecule has 0 aromatic carbocycles. The first kappa shape index (κ1) is 13.8. The minimum atomic E-state index is -0.650. The Labute approximate surface area is 105 Å². The maximum Gasteiger partial charge on any atom is 0.433 e.